The van der Waals surface area contributed by atoms with Crippen molar-refractivity contribution in [2.24, 2.45) is 0 Å². The second-order valence-corrected chi connectivity index (χ2v) is 9.40. The van der Waals surface area contributed by atoms with Crippen molar-refractivity contribution in [3.05, 3.63) is 95.6 Å². The number of methoxy groups -OCH3 is 1. The molecule has 0 aliphatic carbocycles. The molecule has 1 amide bonds. The molecule has 5 nitrogen and oxygen atoms in total. The molecular formula is C30H30N2O3. The highest BCUT2D eigenvalue weighted by Crippen LogP contribution is 2.36. The van der Waals surface area contributed by atoms with Crippen LogP contribution in [0.3, 0.4) is 0 Å². The van der Waals surface area contributed by atoms with Gasteiger partial charge in [0.05, 0.1) is 18.5 Å². The van der Waals surface area contributed by atoms with E-state index in [1.165, 1.54) is 32.7 Å². The fourth-order valence-corrected chi connectivity index (χ4v) is 4.86. The van der Waals surface area contributed by atoms with Crippen LogP contribution in [0.5, 0.6) is 5.75 Å². The number of fused-ring (bicyclic) bond motifs is 2. The van der Waals surface area contributed by atoms with E-state index in [0.29, 0.717) is 17.3 Å². The van der Waals surface area contributed by atoms with Crippen molar-refractivity contribution in [2.45, 2.75) is 32.7 Å². The number of rotatable bonds is 6. The number of ether oxygens (including phenoxy) is 1. The van der Waals surface area contributed by atoms with Crippen molar-refractivity contribution in [1.29, 1.82) is 0 Å². The molecule has 0 bridgehead atoms. The molecule has 5 rings (SSSR count). The Kier molecular flexibility index (Phi) is 6.08. The number of carboxylic acid groups (broad SMARTS) is 1. The largest absolute Gasteiger partial charge is 0.497 e. The maximum absolute atomic E-state index is 12.2. The first-order valence-electron chi connectivity index (χ1n) is 12.0. The van der Waals surface area contributed by atoms with Crippen molar-refractivity contribution in [2.75, 3.05) is 23.5 Å². The molecule has 0 unspecified atom stereocenters. The summed E-state index contributed by atoms with van der Waals surface area (Å²) in [6, 6.07) is 26.4. The van der Waals surface area contributed by atoms with Crippen LogP contribution in [-0.4, -0.2) is 24.9 Å². The molecule has 35 heavy (non-hydrogen) atoms. The van der Waals surface area contributed by atoms with Crippen LogP contribution in [0.15, 0.2) is 78.9 Å². The van der Waals surface area contributed by atoms with Crippen molar-refractivity contribution < 1.29 is 14.6 Å². The minimum Gasteiger partial charge on any atom is -0.497 e. The molecule has 4 aromatic rings. The highest BCUT2D eigenvalue weighted by molar-refractivity contribution is 5.95. The van der Waals surface area contributed by atoms with Crippen LogP contribution in [0, 0.1) is 0 Å². The number of hydrogen-bond donors (Lipinski definition) is 1. The molecule has 178 valence electrons. The molecule has 5 heteroatoms. The Morgan fingerprint density at radius 3 is 2.37 bits per heavy atom. The molecule has 0 spiro atoms. The molecule has 1 N–H and O–H groups in total. The van der Waals surface area contributed by atoms with Crippen LogP contribution in [0.1, 0.15) is 36.5 Å². The minimum atomic E-state index is -0.982. The van der Waals surface area contributed by atoms with Crippen LogP contribution in [-0.2, 0) is 13.0 Å². The summed E-state index contributed by atoms with van der Waals surface area (Å²) in [7, 11) is 1.68. The maximum Gasteiger partial charge on any atom is 0.416 e. The quantitative estimate of drug-likeness (QED) is 0.323. The Balaban J connectivity index is 1.38. The third-order valence-corrected chi connectivity index (χ3v) is 6.81. The third kappa shape index (κ3) is 4.54. The van der Waals surface area contributed by atoms with E-state index in [1.807, 2.05) is 42.5 Å². The Bertz CT molecular complexity index is 1380. The minimum absolute atomic E-state index is 0.402. The lowest BCUT2D eigenvalue weighted by Crippen LogP contribution is -2.23. The number of nitrogens with zero attached hydrogens (tertiary/aromatic N) is 2. The fraction of sp³-hybridized carbons (Fsp3) is 0.233. The van der Waals surface area contributed by atoms with E-state index in [9.17, 15) is 9.90 Å². The summed E-state index contributed by atoms with van der Waals surface area (Å²) >= 11 is 0. The van der Waals surface area contributed by atoms with Gasteiger partial charge in [-0.15, -0.1) is 0 Å². The van der Waals surface area contributed by atoms with Gasteiger partial charge in [-0.05, 0) is 88.3 Å². The second-order valence-electron chi connectivity index (χ2n) is 9.40. The zero-order valence-corrected chi connectivity index (χ0v) is 20.4. The summed E-state index contributed by atoms with van der Waals surface area (Å²) in [6.45, 7) is 5.99. The van der Waals surface area contributed by atoms with Gasteiger partial charge < -0.3 is 14.7 Å². The fourth-order valence-electron chi connectivity index (χ4n) is 4.86. The van der Waals surface area contributed by atoms with E-state index >= 15 is 0 Å². The van der Waals surface area contributed by atoms with Crippen molar-refractivity contribution in [3.63, 3.8) is 0 Å². The Labute approximate surface area is 206 Å². The van der Waals surface area contributed by atoms with Gasteiger partial charge in [-0.25, -0.2) is 9.69 Å². The molecule has 0 fully saturated rings. The summed E-state index contributed by atoms with van der Waals surface area (Å²) in [5.74, 6) is 1.26. The van der Waals surface area contributed by atoms with E-state index in [4.69, 9.17) is 4.74 Å². The Hall–Kier alpha value is -3.99. The normalized spacial score (nSPS) is 12.7. The second kappa shape index (κ2) is 9.34. The lowest BCUT2D eigenvalue weighted by Gasteiger charge is -2.23. The van der Waals surface area contributed by atoms with Gasteiger partial charge in [0.1, 0.15) is 5.75 Å². The summed E-state index contributed by atoms with van der Waals surface area (Å²) in [5, 5.41) is 12.3. The topological polar surface area (TPSA) is 53.0 Å². The van der Waals surface area contributed by atoms with Crippen LogP contribution < -0.4 is 14.5 Å². The van der Waals surface area contributed by atoms with Crippen LogP contribution in [0.2, 0.25) is 0 Å². The lowest BCUT2D eigenvalue weighted by atomic mass is 10.0. The average molecular weight is 467 g/mol. The molecule has 0 saturated carbocycles. The summed E-state index contributed by atoms with van der Waals surface area (Å²) in [4.78, 5) is 15.9. The van der Waals surface area contributed by atoms with Gasteiger partial charge in [-0.1, -0.05) is 44.2 Å². The first kappa shape index (κ1) is 22.8. The Morgan fingerprint density at radius 1 is 0.943 bits per heavy atom. The van der Waals surface area contributed by atoms with Gasteiger partial charge in [-0.3, -0.25) is 0 Å². The van der Waals surface area contributed by atoms with Gasteiger partial charge in [0.2, 0.25) is 0 Å². The lowest BCUT2D eigenvalue weighted by molar-refractivity contribution is 0.205. The van der Waals surface area contributed by atoms with Crippen LogP contribution >= 0.6 is 0 Å². The first-order chi connectivity index (χ1) is 16.9. The highest BCUT2D eigenvalue weighted by atomic mass is 16.5. The van der Waals surface area contributed by atoms with E-state index in [2.05, 4.69) is 55.1 Å². The number of hydrogen-bond acceptors (Lipinski definition) is 3. The zero-order chi connectivity index (χ0) is 24.5. The van der Waals surface area contributed by atoms with E-state index in [1.54, 1.807) is 7.11 Å². The van der Waals surface area contributed by atoms with Crippen molar-refractivity contribution in [3.8, 4) is 5.75 Å². The molecule has 0 saturated heterocycles. The van der Waals surface area contributed by atoms with E-state index < -0.39 is 6.09 Å². The standard InChI is InChI=1S/C30H30N2O3/c1-20(2)22-6-9-26(10-7-22)32(30(33)34)27-11-13-29-25(17-27)14-15-31(29)19-21-4-5-24-18-28(35-3)12-8-23(24)16-21/h4-13,16-18,20H,14-15,19H2,1-3H3,(H,33,34). The molecule has 0 atom stereocenters. The summed E-state index contributed by atoms with van der Waals surface area (Å²) in [5.41, 5.74) is 6.12. The van der Waals surface area contributed by atoms with Gasteiger partial charge in [0, 0.05) is 18.8 Å². The summed E-state index contributed by atoms with van der Waals surface area (Å²) < 4.78 is 5.33. The van der Waals surface area contributed by atoms with Gasteiger partial charge in [0.25, 0.3) is 0 Å². The molecule has 0 radical (unpaired) electrons. The Morgan fingerprint density at radius 2 is 1.66 bits per heavy atom. The number of benzene rings is 4. The molecule has 1 heterocycles. The third-order valence-electron chi connectivity index (χ3n) is 6.81. The number of carbonyl (C=O) groups is 1. The van der Waals surface area contributed by atoms with Crippen molar-refractivity contribution >= 4 is 33.9 Å². The van der Waals surface area contributed by atoms with E-state index in [0.717, 1.165) is 30.6 Å². The molecule has 1 aliphatic heterocycles. The molecule has 0 aromatic heterocycles. The van der Waals surface area contributed by atoms with Crippen LogP contribution in [0.25, 0.3) is 10.8 Å². The van der Waals surface area contributed by atoms with Gasteiger partial charge in [-0.2, -0.15) is 0 Å². The number of anilines is 3. The molecule has 1 aliphatic rings. The zero-order valence-electron chi connectivity index (χ0n) is 20.4. The predicted molar refractivity (Wildman–Crippen MR) is 142 cm³/mol. The highest BCUT2D eigenvalue weighted by Gasteiger charge is 2.23. The van der Waals surface area contributed by atoms with Crippen molar-refractivity contribution in [1.82, 2.24) is 0 Å². The molecule has 4 aromatic carbocycles. The van der Waals surface area contributed by atoms with Gasteiger partial charge in [0.15, 0.2) is 0 Å². The van der Waals surface area contributed by atoms with Gasteiger partial charge >= 0.3 is 6.09 Å². The monoisotopic (exact) mass is 466 g/mol. The average Bonchev–Trinajstić information content (AvgIpc) is 3.25. The predicted octanol–water partition coefficient (Wildman–Crippen LogP) is 7.35. The SMILES string of the molecule is COc1ccc2cc(CN3CCc4cc(N(C(=O)O)c5ccc(C(C)C)cc5)ccc43)ccc2c1. The maximum atomic E-state index is 12.2. The summed E-state index contributed by atoms with van der Waals surface area (Å²) in [6.07, 6.45) is -0.0851. The van der Waals surface area contributed by atoms with Crippen LogP contribution in [0.4, 0.5) is 21.9 Å². The molecular weight excluding hydrogens is 436 g/mol. The smallest absolute Gasteiger partial charge is 0.416 e. The first-order valence-corrected chi connectivity index (χ1v) is 12.0. The van der Waals surface area contributed by atoms with E-state index in [-0.39, 0.29) is 0 Å². The number of amides is 1.